The molecule has 0 fully saturated rings. The molecule has 0 saturated carbocycles. The summed E-state index contributed by atoms with van der Waals surface area (Å²) in [6, 6.07) is 0. The third-order valence-corrected chi connectivity index (χ3v) is 1.67. The molecule has 0 heterocycles. The van der Waals surface area contributed by atoms with Crippen LogP contribution in [0.5, 0.6) is 0 Å². The molecule has 1 aliphatic carbocycles. The first-order valence-corrected chi connectivity index (χ1v) is 3.86. The van der Waals surface area contributed by atoms with Crippen LogP contribution in [-0.2, 0) is 14.3 Å². The van der Waals surface area contributed by atoms with Crippen LogP contribution in [0.3, 0.4) is 0 Å². The van der Waals surface area contributed by atoms with Gasteiger partial charge in [0, 0.05) is 6.92 Å². The highest BCUT2D eigenvalue weighted by atomic mass is 16.5. The Labute approximate surface area is 75.5 Å². The Kier molecular flexibility index (Phi) is 2.84. The van der Waals surface area contributed by atoms with Crippen molar-refractivity contribution in [3.05, 3.63) is 24.3 Å². The number of esters is 1. The summed E-state index contributed by atoms with van der Waals surface area (Å²) in [6.07, 6.45) is 5.65. The molecule has 0 aliphatic heterocycles. The summed E-state index contributed by atoms with van der Waals surface area (Å²) in [5.41, 5.74) is 0. The Morgan fingerprint density at radius 2 is 1.92 bits per heavy atom. The molecule has 1 rings (SSSR count). The lowest BCUT2D eigenvalue weighted by Crippen LogP contribution is -2.30. The zero-order valence-corrected chi connectivity index (χ0v) is 7.14. The van der Waals surface area contributed by atoms with Gasteiger partial charge in [-0.3, -0.25) is 9.59 Å². The summed E-state index contributed by atoms with van der Waals surface area (Å²) in [6.45, 7) is 1.26. The average Bonchev–Trinajstić information content (AvgIpc) is 2.03. The number of allylic oxidation sites excluding steroid dienone is 2. The van der Waals surface area contributed by atoms with Crippen LogP contribution in [0.2, 0.25) is 0 Å². The van der Waals surface area contributed by atoms with Crippen molar-refractivity contribution in [1.82, 2.24) is 0 Å². The van der Waals surface area contributed by atoms with Crippen LogP contribution >= 0.6 is 0 Å². The molecule has 0 aromatic carbocycles. The van der Waals surface area contributed by atoms with Crippen molar-refractivity contribution in [3.63, 3.8) is 0 Å². The van der Waals surface area contributed by atoms with Crippen molar-refractivity contribution in [2.45, 2.75) is 13.0 Å². The fourth-order valence-corrected chi connectivity index (χ4v) is 1.11. The maximum absolute atomic E-state index is 10.7. The van der Waals surface area contributed by atoms with Gasteiger partial charge in [0.1, 0.15) is 12.0 Å². The fourth-order valence-electron chi connectivity index (χ4n) is 1.11. The van der Waals surface area contributed by atoms with Crippen LogP contribution in [0.1, 0.15) is 6.92 Å². The number of aliphatic carboxylic acids is 1. The third kappa shape index (κ3) is 2.43. The van der Waals surface area contributed by atoms with E-state index < -0.39 is 24.0 Å². The molecule has 70 valence electrons. The predicted molar refractivity (Wildman–Crippen MR) is 45.0 cm³/mol. The third-order valence-electron chi connectivity index (χ3n) is 1.67. The number of carboxylic acid groups (broad SMARTS) is 1. The number of hydrogen-bond acceptors (Lipinski definition) is 3. The second kappa shape index (κ2) is 3.89. The van der Waals surface area contributed by atoms with E-state index in [1.807, 2.05) is 0 Å². The van der Waals surface area contributed by atoms with Gasteiger partial charge in [0.15, 0.2) is 0 Å². The van der Waals surface area contributed by atoms with Crippen molar-refractivity contribution in [2.24, 2.45) is 5.92 Å². The van der Waals surface area contributed by atoms with E-state index in [-0.39, 0.29) is 0 Å². The van der Waals surface area contributed by atoms with E-state index in [0.717, 1.165) is 0 Å². The van der Waals surface area contributed by atoms with Crippen LogP contribution in [0.4, 0.5) is 0 Å². The molecule has 0 radical (unpaired) electrons. The Hall–Kier alpha value is -1.58. The van der Waals surface area contributed by atoms with Gasteiger partial charge >= 0.3 is 11.9 Å². The van der Waals surface area contributed by atoms with Gasteiger partial charge in [-0.05, 0) is 6.08 Å². The van der Waals surface area contributed by atoms with Gasteiger partial charge in [-0.2, -0.15) is 0 Å². The standard InChI is InChI=1S/C9H10O4/c1-6(10)13-8-5-3-2-4-7(8)9(11)12/h2-5,7-8H,1H3,(H,11,12). The lowest BCUT2D eigenvalue weighted by molar-refractivity contribution is -0.151. The topological polar surface area (TPSA) is 63.6 Å². The fraction of sp³-hybridized carbons (Fsp3) is 0.333. The quantitative estimate of drug-likeness (QED) is 0.640. The Balaban J connectivity index is 2.70. The molecule has 1 N–H and O–H groups in total. The highest BCUT2D eigenvalue weighted by Gasteiger charge is 2.27. The molecule has 4 heteroatoms. The van der Waals surface area contributed by atoms with Gasteiger partial charge < -0.3 is 9.84 Å². The zero-order valence-electron chi connectivity index (χ0n) is 7.14. The molecule has 0 aromatic rings. The first kappa shape index (κ1) is 9.51. The number of rotatable bonds is 2. The van der Waals surface area contributed by atoms with Gasteiger partial charge in [0.2, 0.25) is 0 Å². The largest absolute Gasteiger partial charge is 0.481 e. The SMILES string of the molecule is CC(=O)OC1C=CC=CC1C(=O)O. The molecule has 1 aliphatic rings. The monoisotopic (exact) mass is 182 g/mol. The summed E-state index contributed by atoms with van der Waals surface area (Å²) in [4.78, 5) is 21.3. The minimum absolute atomic E-state index is 0.476. The molecule has 2 atom stereocenters. The zero-order chi connectivity index (χ0) is 9.84. The van der Waals surface area contributed by atoms with Gasteiger partial charge in [-0.15, -0.1) is 0 Å². The van der Waals surface area contributed by atoms with E-state index in [4.69, 9.17) is 9.84 Å². The van der Waals surface area contributed by atoms with Crippen molar-refractivity contribution >= 4 is 11.9 Å². The highest BCUT2D eigenvalue weighted by Crippen LogP contribution is 2.16. The molecule has 0 saturated heterocycles. The minimum atomic E-state index is -0.994. The van der Waals surface area contributed by atoms with Crippen LogP contribution < -0.4 is 0 Å². The van der Waals surface area contributed by atoms with Crippen molar-refractivity contribution in [2.75, 3.05) is 0 Å². The molecule has 0 aromatic heterocycles. The van der Waals surface area contributed by atoms with E-state index in [0.29, 0.717) is 0 Å². The number of hydrogen-bond donors (Lipinski definition) is 1. The number of carbonyl (C=O) groups excluding carboxylic acids is 1. The minimum Gasteiger partial charge on any atom is -0.481 e. The number of carboxylic acids is 1. The summed E-state index contributed by atoms with van der Waals surface area (Å²) in [5, 5.41) is 8.75. The van der Waals surface area contributed by atoms with Gasteiger partial charge in [-0.1, -0.05) is 18.2 Å². The van der Waals surface area contributed by atoms with Gasteiger partial charge in [0.05, 0.1) is 0 Å². The summed E-state index contributed by atoms with van der Waals surface area (Å²) < 4.78 is 4.81. The normalized spacial score (nSPS) is 25.6. The van der Waals surface area contributed by atoms with Crippen LogP contribution in [-0.4, -0.2) is 23.1 Å². The second-order valence-electron chi connectivity index (χ2n) is 2.71. The predicted octanol–water partition coefficient (Wildman–Crippen LogP) is 0.745. The maximum atomic E-state index is 10.7. The summed E-state index contributed by atoms with van der Waals surface area (Å²) >= 11 is 0. The highest BCUT2D eigenvalue weighted by molar-refractivity contribution is 5.75. The van der Waals surface area contributed by atoms with E-state index in [1.54, 1.807) is 18.2 Å². The van der Waals surface area contributed by atoms with Gasteiger partial charge in [-0.25, -0.2) is 0 Å². The molecule has 4 nitrogen and oxygen atoms in total. The molecular weight excluding hydrogens is 172 g/mol. The molecule has 0 spiro atoms. The molecule has 0 amide bonds. The first-order chi connectivity index (χ1) is 6.11. The van der Waals surface area contributed by atoms with Crippen molar-refractivity contribution in [3.8, 4) is 0 Å². The summed E-state index contributed by atoms with van der Waals surface area (Å²) in [5.74, 6) is -2.24. The Morgan fingerprint density at radius 3 is 2.46 bits per heavy atom. The Bertz CT molecular complexity index is 277. The van der Waals surface area contributed by atoms with E-state index in [9.17, 15) is 9.59 Å². The Morgan fingerprint density at radius 1 is 1.31 bits per heavy atom. The van der Waals surface area contributed by atoms with Crippen molar-refractivity contribution < 1.29 is 19.4 Å². The van der Waals surface area contributed by atoms with Crippen LogP contribution in [0, 0.1) is 5.92 Å². The second-order valence-corrected chi connectivity index (χ2v) is 2.71. The number of carbonyl (C=O) groups is 2. The molecule has 13 heavy (non-hydrogen) atoms. The lowest BCUT2D eigenvalue weighted by Gasteiger charge is -2.19. The molecule has 2 unspecified atom stereocenters. The van der Waals surface area contributed by atoms with E-state index >= 15 is 0 Å². The van der Waals surface area contributed by atoms with Crippen molar-refractivity contribution in [1.29, 1.82) is 0 Å². The maximum Gasteiger partial charge on any atom is 0.314 e. The van der Waals surface area contributed by atoms with E-state index in [1.165, 1.54) is 13.0 Å². The first-order valence-electron chi connectivity index (χ1n) is 3.86. The smallest absolute Gasteiger partial charge is 0.314 e. The van der Waals surface area contributed by atoms with Crippen LogP contribution in [0.25, 0.3) is 0 Å². The van der Waals surface area contributed by atoms with Crippen LogP contribution in [0.15, 0.2) is 24.3 Å². The number of ether oxygens (including phenoxy) is 1. The van der Waals surface area contributed by atoms with E-state index in [2.05, 4.69) is 0 Å². The molecular formula is C9H10O4. The molecule has 0 bridgehead atoms. The summed E-state index contributed by atoms with van der Waals surface area (Å²) in [7, 11) is 0. The average molecular weight is 182 g/mol. The van der Waals surface area contributed by atoms with Gasteiger partial charge in [0.25, 0.3) is 0 Å². The lowest BCUT2D eigenvalue weighted by atomic mass is 9.98.